The first-order valence-corrected chi connectivity index (χ1v) is 9.37. The van der Waals surface area contributed by atoms with Crippen molar-refractivity contribution in [2.45, 2.75) is 19.2 Å². The van der Waals surface area contributed by atoms with Crippen LogP contribution in [-0.4, -0.2) is 11.1 Å². The zero-order chi connectivity index (χ0) is 22.4. The van der Waals surface area contributed by atoms with Crippen LogP contribution in [0.25, 0.3) is 16.8 Å². The number of alkyl halides is 3. The fraction of sp³-hybridized carbons (Fsp3) is 0.125. The molecule has 31 heavy (non-hydrogen) atoms. The highest BCUT2D eigenvalue weighted by atomic mass is 19.4. The summed E-state index contributed by atoms with van der Waals surface area (Å²) in [7, 11) is 0. The molecule has 0 fully saturated rings. The molecule has 0 amide bonds. The lowest BCUT2D eigenvalue weighted by molar-refractivity contribution is -0.138. The van der Waals surface area contributed by atoms with Crippen LogP contribution in [0.3, 0.4) is 0 Å². The molecule has 0 saturated heterocycles. The van der Waals surface area contributed by atoms with Crippen LogP contribution in [0.4, 0.5) is 13.2 Å². The molecule has 7 heteroatoms. The zero-order valence-electron chi connectivity index (χ0n) is 16.4. The first-order chi connectivity index (χ1) is 14.7. The van der Waals surface area contributed by atoms with E-state index in [0.717, 1.165) is 28.8 Å². The maximum atomic E-state index is 12.8. The molecule has 0 aliphatic rings. The summed E-state index contributed by atoms with van der Waals surface area (Å²) < 4.78 is 38.3. The van der Waals surface area contributed by atoms with E-state index in [1.54, 1.807) is 12.1 Å². The molecular formula is C24H20F3NO3. The Balaban J connectivity index is 1.59. The average Bonchev–Trinajstić information content (AvgIpc) is 2.73. The van der Waals surface area contributed by atoms with E-state index in [1.807, 2.05) is 42.5 Å². The Labute approximate surface area is 177 Å². The lowest BCUT2D eigenvalue weighted by Gasteiger charge is -2.12. The van der Waals surface area contributed by atoms with Crippen molar-refractivity contribution in [3.63, 3.8) is 0 Å². The highest BCUT2D eigenvalue weighted by Crippen LogP contribution is 2.29. The van der Waals surface area contributed by atoms with Crippen molar-refractivity contribution < 1.29 is 27.9 Å². The van der Waals surface area contributed by atoms with Crippen LogP contribution >= 0.6 is 0 Å². The van der Waals surface area contributed by atoms with E-state index in [2.05, 4.69) is 12.1 Å². The van der Waals surface area contributed by atoms with Gasteiger partial charge in [-0.1, -0.05) is 67.2 Å². The summed E-state index contributed by atoms with van der Waals surface area (Å²) in [5, 5.41) is 8.94. The van der Waals surface area contributed by atoms with Gasteiger partial charge in [-0.2, -0.15) is 13.2 Å². The van der Waals surface area contributed by atoms with Crippen molar-refractivity contribution in [3.8, 4) is 11.1 Å². The van der Waals surface area contributed by atoms with E-state index >= 15 is 0 Å². The third kappa shape index (κ3) is 6.20. The van der Waals surface area contributed by atoms with Gasteiger partial charge in [-0.05, 0) is 39.9 Å². The minimum absolute atomic E-state index is 0.0458. The maximum Gasteiger partial charge on any atom is 0.416 e. The number of carboxylic acids is 1. The van der Waals surface area contributed by atoms with Crippen LogP contribution in [-0.2, 0) is 28.8 Å². The molecule has 3 aromatic carbocycles. The fourth-order valence-corrected chi connectivity index (χ4v) is 3.00. The number of halogens is 3. The molecule has 0 aliphatic carbocycles. The molecule has 0 radical (unpaired) electrons. The van der Waals surface area contributed by atoms with Gasteiger partial charge in [0.2, 0.25) is 0 Å². The largest absolute Gasteiger partial charge is 0.481 e. The van der Waals surface area contributed by atoms with E-state index in [9.17, 15) is 18.0 Å². The summed E-state index contributed by atoms with van der Waals surface area (Å²) in [4.78, 5) is 16.2. The topological polar surface area (TPSA) is 58.6 Å². The summed E-state index contributed by atoms with van der Waals surface area (Å²) in [5.74, 6) is -0.889. The highest BCUT2D eigenvalue weighted by molar-refractivity contribution is 5.73. The van der Waals surface area contributed by atoms with Crippen molar-refractivity contribution in [3.05, 3.63) is 102 Å². The molecule has 0 aromatic heterocycles. The fourth-order valence-electron chi connectivity index (χ4n) is 3.00. The number of carboxylic acid groups (broad SMARTS) is 1. The Bertz CT molecular complexity index is 1080. The summed E-state index contributed by atoms with van der Waals surface area (Å²) in [6.45, 7) is 3.82. The minimum Gasteiger partial charge on any atom is -0.481 e. The monoisotopic (exact) mass is 427 g/mol. The van der Waals surface area contributed by atoms with Gasteiger partial charge in [0.15, 0.2) is 0 Å². The van der Waals surface area contributed by atoms with Crippen LogP contribution < -0.4 is 5.48 Å². The van der Waals surface area contributed by atoms with E-state index in [-0.39, 0.29) is 13.0 Å². The number of hydroxylamine groups is 1. The van der Waals surface area contributed by atoms with Crippen molar-refractivity contribution in [1.29, 1.82) is 0 Å². The lowest BCUT2D eigenvalue weighted by Crippen LogP contribution is -2.13. The predicted molar refractivity (Wildman–Crippen MR) is 112 cm³/mol. The maximum absolute atomic E-state index is 12.8. The molecule has 0 spiro atoms. The van der Waals surface area contributed by atoms with Crippen LogP contribution in [0.15, 0.2) is 79.4 Å². The third-order valence-corrected chi connectivity index (χ3v) is 4.54. The molecule has 0 saturated carbocycles. The van der Waals surface area contributed by atoms with Crippen LogP contribution in [0, 0.1) is 0 Å². The van der Waals surface area contributed by atoms with Gasteiger partial charge in [0.1, 0.15) is 0 Å². The lowest BCUT2D eigenvalue weighted by atomic mass is 10.0. The first kappa shape index (κ1) is 22.1. The van der Waals surface area contributed by atoms with Crippen LogP contribution in [0.1, 0.15) is 22.3 Å². The standard InChI is InChI=1S/C24H20F3NO3/c1-16(28-31-15-18-5-3-7-22(13-18)24(25,26)27)19-8-10-20(11-9-19)21-6-2-4-17(12-21)14-23(29)30/h2-13,28H,1,14-15H2,(H,29,30). The summed E-state index contributed by atoms with van der Waals surface area (Å²) in [5.41, 5.74) is 6.03. The van der Waals surface area contributed by atoms with Gasteiger partial charge in [-0.25, -0.2) is 0 Å². The number of aliphatic carboxylic acids is 1. The molecule has 160 valence electrons. The molecule has 0 heterocycles. The molecule has 0 aliphatic heterocycles. The number of carbonyl (C=O) groups is 1. The number of hydrogen-bond acceptors (Lipinski definition) is 3. The van der Waals surface area contributed by atoms with Crippen molar-refractivity contribution in [2.24, 2.45) is 0 Å². The molecular weight excluding hydrogens is 407 g/mol. The Morgan fingerprint density at radius 3 is 2.29 bits per heavy atom. The zero-order valence-corrected chi connectivity index (χ0v) is 16.4. The Morgan fingerprint density at radius 2 is 1.61 bits per heavy atom. The van der Waals surface area contributed by atoms with Gasteiger partial charge in [0.25, 0.3) is 0 Å². The second kappa shape index (κ2) is 9.49. The second-order valence-electron chi connectivity index (χ2n) is 6.92. The molecule has 0 unspecified atom stereocenters. The van der Waals surface area contributed by atoms with Gasteiger partial charge in [-0.3, -0.25) is 15.1 Å². The smallest absolute Gasteiger partial charge is 0.416 e. The van der Waals surface area contributed by atoms with Crippen molar-refractivity contribution >= 4 is 11.7 Å². The van der Waals surface area contributed by atoms with Gasteiger partial charge < -0.3 is 5.11 Å². The van der Waals surface area contributed by atoms with E-state index < -0.39 is 17.7 Å². The van der Waals surface area contributed by atoms with E-state index in [0.29, 0.717) is 16.8 Å². The van der Waals surface area contributed by atoms with E-state index in [1.165, 1.54) is 6.07 Å². The van der Waals surface area contributed by atoms with Gasteiger partial charge in [-0.15, -0.1) is 0 Å². The number of nitrogens with one attached hydrogen (secondary N) is 1. The normalized spacial score (nSPS) is 11.2. The van der Waals surface area contributed by atoms with Gasteiger partial charge in [0, 0.05) is 0 Å². The van der Waals surface area contributed by atoms with Crippen molar-refractivity contribution in [1.82, 2.24) is 5.48 Å². The molecule has 3 aromatic rings. The summed E-state index contributed by atoms with van der Waals surface area (Å²) >= 11 is 0. The van der Waals surface area contributed by atoms with Crippen molar-refractivity contribution in [2.75, 3.05) is 0 Å². The summed E-state index contributed by atoms with van der Waals surface area (Å²) in [6, 6.07) is 19.6. The van der Waals surface area contributed by atoms with Gasteiger partial charge in [0.05, 0.1) is 24.3 Å². The predicted octanol–water partition coefficient (Wildman–Crippen LogP) is 5.69. The number of hydrogen-bond donors (Lipinski definition) is 2. The molecule has 0 bridgehead atoms. The first-order valence-electron chi connectivity index (χ1n) is 9.37. The third-order valence-electron chi connectivity index (χ3n) is 4.54. The van der Waals surface area contributed by atoms with Gasteiger partial charge >= 0.3 is 12.1 Å². The number of rotatable bonds is 8. The molecule has 3 rings (SSSR count). The molecule has 2 N–H and O–H groups in total. The highest BCUT2D eigenvalue weighted by Gasteiger charge is 2.30. The van der Waals surface area contributed by atoms with Crippen LogP contribution in [0.5, 0.6) is 0 Å². The number of benzene rings is 3. The Hall–Kier alpha value is -3.58. The Kier molecular flexibility index (Phi) is 6.77. The Morgan fingerprint density at radius 1 is 0.935 bits per heavy atom. The quantitative estimate of drug-likeness (QED) is 0.454. The average molecular weight is 427 g/mol. The van der Waals surface area contributed by atoms with E-state index in [4.69, 9.17) is 9.94 Å². The molecule has 4 nitrogen and oxygen atoms in total. The van der Waals surface area contributed by atoms with Crippen LogP contribution in [0.2, 0.25) is 0 Å². The summed E-state index contributed by atoms with van der Waals surface area (Å²) in [6.07, 6.45) is -4.45. The molecule has 0 atom stereocenters. The SMILES string of the molecule is C=C(NOCc1cccc(C(F)(F)F)c1)c1ccc(-c2cccc(CC(=O)O)c2)cc1. The minimum atomic E-state index is -4.40. The second-order valence-corrected chi connectivity index (χ2v) is 6.92.